The van der Waals surface area contributed by atoms with Crippen LogP contribution in [0.3, 0.4) is 0 Å². The van der Waals surface area contributed by atoms with Gasteiger partial charge in [-0.1, -0.05) is 26.0 Å². The van der Waals surface area contributed by atoms with E-state index in [1.165, 1.54) is 23.5 Å². The van der Waals surface area contributed by atoms with Gasteiger partial charge in [0.05, 0.1) is 5.69 Å². The summed E-state index contributed by atoms with van der Waals surface area (Å²) in [5.74, 6) is 0.0822. The van der Waals surface area contributed by atoms with Gasteiger partial charge in [-0.25, -0.2) is 9.37 Å². The minimum absolute atomic E-state index is 0.0570. The standard InChI is InChI=1S/C18H20FN3OS/c1-11(2)17(13-4-6-14(19)7-5-13)20-9-15-8-16(23)22-12(3)10-24-18(22)21-15/h4-8,10-11,17,20H,9H2,1-3H3. The molecule has 0 spiro atoms. The number of aromatic nitrogens is 2. The lowest BCUT2D eigenvalue weighted by Gasteiger charge is -2.23. The maximum absolute atomic E-state index is 13.1. The van der Waals surface area contributed by atoms with Gasteiger partial charge in [0.2, 0.25) is 0 Å². The highest BCUT2D eigenvalue weighted by atomic mass is 32.1. The first-order chi connectivity index (χ1) is 11.5. The average molecular weight is 345 g/mol. The molecule has 2 heterocycles. The zero-order valence-corrected chi connectivity index (χ0v) is 14.7. The van der Waals surface area contributed by atoms with E-state index in [0.29, 0.717) is 17.4 Å². The van der Waals surface area contributed by atoms with Gasteiger partial charge in [-0.2, -0.15) is 0 Å². The molecule has 4 nitrogen and oxygen atoms in total. The highest BCUT2D eigenvalue weighted by Crippen LogP contribution is 2.22. The van der Waals surface area contributed by atoms with Crippen LogP contribution in [-0.4, -0.2) is 9.38 Å². The van der Waals surface area contributed by atoms with E-state index in [-0.39, 0.29) is 17.4 Å². The first-order valence-electron chi connectivity index (χ1n) is 7.91. The molecule has 6 heteroatoms. The second-order valence-corrected chi connectivity index (χ2v) is 7.07. The van der Waals surface area contributed by atoms with E-state index < -0.39 is 0 Å². The summed E-state index contributed by atoms with van der Waals surface area (Å²) in [6.45, 7) is 6.60. The summed E-state index contributed by atoms with van der Waals surface area (Å²) < 4.78 is 14.7. The number of fused-ring (bicyclic) bond motifs is 1. The van der Waals surface area contributed by atoms with Crippen molar-refractivity contribution in [3.05, 3.63) is 68.8 Å². The Morgan fingerprint density at radius 3 is 2.67 bits per heavy atom. The molecule has 0 fully saturated rings. The van der Waals surface area contributed by atoms with Gasteiger partial charge in [-0.15, -0.1) is 11.3 Å². The molecular formula is C18H20FN3OS. The van der Waals surface area contributed by atoms with Crippen molar-refractivity contribution in [1.29, 1.82) is 0 Å². The van der Waals surface area contributed by atoms with Crippen LogP contribution in [0.2, 0.25) is 0 Å². The molecule has 0 aliphatic heterocycles. The molecule has 1 aromatic carbocycles. The van der Waals surface area contributed by atoms with Crippen LogP contribution in [0, 0.1) is 18.7 Å². The van der Waals surface area contributed by atoms with Crippen molar-refractivity contribution in [2.45, 2.75) is 33.4 Å². The van der Waals surface area contributed by atoms with Crippen molar-refractivity contribution in [3.63, 3.8) is 0 Å². The van der Waals surface area contributed by atoms with Gasteiger partial charge in [0, 0.05) is 29.7 Å². The maximum Gasteiger partial charge on any atom is 0.259 e. The molecule has 0 saturated heterocycles. The van der Waals surface area contributed by atoms with Crippen LogP contribution in [0.25, 0.3) is 4.96 Å². The maximum atomic E-state index is 13.1. The minimum Gasteiger partial charge on any atom is -0.304 e. The Bertz CT molecular complexity index is 899. The SMILES string of the molecule is Cc1csc2nc(CNC(c3ccc(F)cc3)C(C)C)cc(=O)n12. The molecule has 2 aromatic heterocycles. The third kappa shape index (κ3) is 3.39. The van der Waals surface area contributed by atoms with Crippen LogP contribution in [0.1, 0.15) is 36.8 Å². The van der Waals surface area contributed by atoms with Crippen molar-refractivity contribution in [2.75, 3.05) is 0 Å². The van der Waals surface area contributed by atoms with Crippen molar-refractivity contribution >= 4 is 16.3 Å². The first-order valence-corrected chi connectivity index (χ1v) is 8.79. The smallest absolute Gasteiger partial charge is 0.259 e. The van der Waals surface area contributed by atoms with Gasteiger partial charge in [0.1, 0.15) is 5.82 Å². The molecule has 0 bridgehead atoms. The monoisotopic (exact) mass is 345 g/mol. The van der Waals surface area contributed by atoms with Crippen LogP contribution in [0.15, 0.2) is 40.5 Å². The number of hydrogen-bond acceptors (Lipinski definition) is 4. The summed E-state index contributed by atoms with van der Waals surface area (Å²) in [4.78, 5) is 17.5. The van der Waals surface area contributed by atoms with E-state index in [2.05, 4.69) is 24.1 Å². The molecule has 0 aliphatic carbocycles. The third-order valence-corrected chi connectivity index (χ3v) is 4.97. The van der Waals surface area contributed by atoms with Crippen LogP contribution in [0.4, 0.5) is 4.39 Å². The molecular weight excluding hydrogens is 325 g/mol. The normalized spacial score (nSPS) is 12.9. The van der Waals surface area contributed by atoms with Crippen LogP contribution < -0.4 is 10.9 Å². The highest BCUT2D eigenvalue weighted by Gasteiger charge is 2.16. The topological polar surface area (TPSA) is 46.4 Å². The molecule has 126 valence electrons. The number of hydrogen-bond donors (Lipinski definition) is 1. The van der Waals surface area contributed by atoms with E-state index >= 15 is 0 Å². The lowest BCUT2D eigenvalue weighted by molar-refractivity contribution is 0.408. The van der Waals surface area contributed by atoms with E-state index in [1.807, 2.05) is 12.3 Å². The Kier molecular flexibility index (Phi) is 4.78. The summed E-state index contributed by atoms with van der Waals surface area (Å²) in [6.07, 6.45) is 0. The molecule has 0 saturated carbocycles. The molecule has 0 radical (unpaired) electrons. The van der Waals surface area contributed by atoms with Crippen molar-refractivity contribution < 1.29 is 4.39 Å². The number of thiazole rings is 1. The quantitative estimate of drug-likeness (QED) is 0.767. The van der Waals surface area contributed by atoms with Gasteiger partial charge in [-0.3, -0.25) is 9.20 Å². The number of rotatable bonds is 5. The summed E-state index contributed by atoms with van der Waals surface area (Å²) in [5, 5.41) is 5.37. The fourth-order valence-electron chi connectivity index (χ4n) is 2.81. The van der Waals surface area contributed by atoms with Crippen molar-refractivity contribution in [1.82, 2.24) is 14.7 Å². The largest absolute Gasteiger partial charge is 0.304 e. The van der Waals surface area contributed by atoms with Gasteiger partial charge < -0.3 is 5.32 Å². The van der Waals surface area contributed by atoms with E-state index in [9.17, 15) is 9.18 Å². The number of halogens is 1. The summed E-state index contributed by atoms with van der Waals surface area (Å²) in [5.41, 5.74) is 2.59. The zero-order chi connectivity index (χ0) is 17.3. The lowest BCUT2D eigenvalue weighted by atomic mass is 9.96. The predicted octanol–water partition coefficient (Wildman–Crippen LogP) is 3.69. The predicted molar refractivity (Wildman–Crippen MR) is 94.9 cm³/mol. The lowest BCUT2D eigenvalue weighted by Crippen LogP contribution is -2.27. The van der Waals surface area contributed by atoms with Gasteiger partial charge in [0.25, 0.3) is 5.56 Å². The molecule has 3 rings (SSSR count). The van der Waals surface area contributed by atoms with Crippen LogP contribution in [0.5, 0.6) is 0 Å². The number of aryl methyl sites for hydroxylation is 1. The number of nitrogens with zero attached hydrogens (tertiary/aromatic N) is 2. The molecule has 1 N–H and O–H groups in total. The molecule has 0 aliphatic rings. The summed E-state index contributed by atoms with van der Waals surface area (Å²) >= 11 is 1.46. The number of nitrogens with one attached hydrogen (secondary N) is 1. The minimum atomic E-state index is -0.241. The van der Waals surface area contributed by atoms with Gasteiger partial charge >= 0.3 is 0 Å². The summed E-state index contributed by atoms with van der Waals surface area (Å²) in [6, 6.07) is 8.16. The van der Waals surface area contributed by atoms with Crippen molar-refractivity contribution in [2.24, 2.45) is 5.92 Å². The second-order valence-electron chi connectivity index (χ2n) is 6.23. The van der Waals surface area contributed by atoms with Crippen LogP contribution >= 0.6 is 11.3 Å². The highest BCUT2D eigenvalue weighted by molar-refractivity contribution is 7.15. The molecule has 3 aromatic rings. The fourth-order valence-corrected chi connectivity index (χ4v) is 3.71. The number of benzene rings is 1. The Hall–Kier alpha value is -2.05. The Morgan fingerprint density at radius 1 is 1.29 bits per heavy atom. The Morgan fingerprint density at radius 2 is 2.00 bits per heavy atom. The van der Waals surface area contributed by atoms with Gasteiger partial charge in [-0.05, 0) is 30.5 Å². The van der Waals surface area contributed by atoms with E-state index in [4.69, 9.17) is 0 Å². The first kappa shape index (κ1) is 16.8. The average Bonchev–Trinajstić information content (AvgIpc) is 2.90. The van der Waals surface area contributed by atoms with E-state index in [1.54, 1.807) is 22.6 Å². The van der Waals surface area contributed by atoms with Crippen molar-refractivity contribution in [3.8, 4) is 0 Å². The van der Waals surface area contributed by atoms with Crippen LogP contribution in [-0.2, 0) is 6.54 Å². The van der Waals surface area contributed by atoms with E-state index in [0.717, 1.165) is 17.0 Å². The molecule has 1 atom stereocenters. The Labute approximate surface area is 144 Å². The van der Waals surface area contributed by atoms with Gasteiger partial charge in [0.15, 0.2) is 4.96 Å². The molecule has 0 amide bonds. The second kappa shape index (κ2) is 6.83. The third-order valence-electron chi connectivity index (χ3n) is 4.03. The fraction of sp³-hybridized carbons (Fsp3) is 0.333. The zero-order valence-electron chi connectivity index (χ0n) is 13.9. The molecule has 1 unspecified atom stereocenters. The molecule has 24 heavy (non-hydrogen) atoms. The Balaban J connectivity index is 1.82. The summed E-state index contributed by atoms with van der Waals surface area (Å²) in [7, 11) is 0.